The number of hydrogen-bond donors (Lipinski definition) is 13. The van der Waals surface area contributed by atoms with Crippen molar-refractivity contribution in [2.45, 2.75) is 321 Å². The van der Waals surface area contributed by atoms with Gasteiger partial charge in [0.1, 0.15) is 30.0 Å². The van der Waals surface area contributed by atoms with Crippen LogP contribution in [-0.2, 0) is 70.4 Å². The summed E-state index contributed by atoms with van der Waals surface area (Å²) in [5.41, 5.74) is 15.2. The molecule has 25 heteroatoms. The fourth-order valence-corrected chi connectivity index (χ4v) is 34.3. The van der Waals surface area contributed by atoms with Crippen molar-refractivity contribution in [3.8, 4) is 57.5 Å². The van der Waals surface area contributed by atoms with Gasteiger partial charge in [-0.15, -0.1) is 0 Å². The third-order valence-corrected chi connectivity index (χ3v) is 41.1. The summed E-state index contributed by atoms with van der Waals surface area (Å²) in [4.78, 5) is 26.6. The smallest absolute Gasteiger partial charge is 0.174 e. The lowest BCUT2D eigenvalue weighted by Gasteiger charge is -2.64. The van der Waals surface area contributed by atoms with E-state index in [9.17, 15) is 61.0 Å². The summed E-state index contributed by atoms with van der Waals surface area (Å²) in [7, 11) is 2.31. The van der Waals surface area contributed by atoms with Gasteiger partial charge >= 0.3 is 0 Å². The van der Waals surface area contributed by atoms with Crippen LogP contribution in [0.3, 0.4) is 0 Å². The molecule has 14 fully saturated rings. The minimum Gasteiger partial charge on any atom is -1.00 e. The van der Waals surface area contributed by atoms with Crippen molar-refractivity contribution in [1.82, 2.24) is 24.6 Å². The van der Waals surface area contributed by atoms with Crippen molar-refractivity contribution >= 4 is 16.7 Å². The van der Waals surface area contributed by atoms with Gasteiger partial charge in [-0.05, 0) is 286 Å². The first-order valence-corrected chi connectivity index (χ1v) is 51.4. The Morgan fingerprint density at radius 2 is 0.836 bits per heavy atom. The fraction of sp³-hybridized carbons (Fsp3) is 0.624. The number of ketones is 1. The van der Waals surface area contributed by atoms with E-state index in [2.05, 4.69) is 62.5 Å². The average molecular weight is 1890 g/mol. The molecule has 11 heterocycles. The number of nitrogens with one attached hydrogen (secondary N) is 1. The summed E-state index contributed by atoms with van der Waals surface area (Å²) in [6.07, 6.45) is 26.2. The van der Waals surface area contributed by atoms with Crippen LogP contribution in [-0.4, -0.2) is 258 Å². The van der Waals surface area contributed by atoms with Gasteiger partial charge in [0.2, 0.25) is 0 Å². The summed E-state index contributed by atoms with van der Waals surface area (Å²) in [6, 6.07) is 27.7. The van der Waals surface area contributed by atoms with Gasteiger partial charge in [0.25, 0.3) is 0 Å². The monoisotopic (exact) mass is 1890 g/mol. The van der Waals surface area contributed by atoms with Gasteiger partial charge in [0.15, 0.2) is 75.5 Å². The third kappa shape index (κ3) is 10.9. The molecule has 0 amide bonds. The SMILES string of the molecule is C=C1CC[C@@]2(O)[C@H]3Cc4ccc(O)c5c4[C@@]2(CCN3CC2CC2)C1O5.C[N+]1(CC2CC2)CC[C@]23c4c5ccc(O)c4OC2C(=O)CC[C@@]3(O)[C@H]1C5.N[C@@H]1CC[C@@]2(O)[C@H]3Cc4ccc(O)c5c4[C@@]2(CCN3CC2CC2)C1O5.Oc1ccc2c3c1OC1[C@@H](O)CC[C@@]4(O)[C@@H](C2)N(CC2CCC2)CC[C@]314.Oc1ccc2c3c1OC1c4[nH]c5ccccc5c4C[C@@]4(O)[C@@H](C2)N(CC2CC2)CC[C@]314.[Br-]. The van der Waals surface area contributed by atoms with Crippen LogP contribution in [0.1, 0.15) is 227 Å². The maximum Gasteiger partial charge on any atom is 0.174 e. The summed E-state index contributed by atoms with van der Waals surface area (Å²) >= 11 is 0. The zero-order valence-corrected chi connectivity index (χ0v) is 78.5. The number of rotatable bonds is 10. The van der Waals surface area contributed by atoms with Gasteiger partial charge in [-0.1, -0.05) is 61.5 Å². The number of nitrogens with two attached hydrogens (primary N) is 1. The molecule has 5 spiro atoms. The lowest BCUT2D eigenvalue weighted by atomic mass is 9.48. The van der Waals surface area contributed by atoms with Gasteiger partial charge in [-0.2, -0.15) is 0 Å². The number of halogens is 1. The predicted molar refractivity (Wildman–Crippen MR) is 493 cm³/mol. The first-order chi connectivity index (χ1) is 64.1. The van der Waals surface area contributed by atoms with E-state index in [1.165, 1.54) is 104 Å². The number of H-pyrrole nitrogens is 1. The Kier molecular flexibility index (Phi) is 18.4. The van der Waals surface area contributed by atoms with Crippen LogP contribution in [0, 0.1) is 29.6 Å². The molecule has 23 atom stereocenters. The lowest BCUT2D eigenvalue weighted by Crippen LogP contribution is -3.00. The Morgan fingerprint density at radius 1 is 0.433 bits per heavy atom. The van der Waals surface area contributed by atoms with E-state index in [1.807, 2.05) is 30.3 Å². The Morgan fingerprint density at radius 3 is 1.34 bits per heavy atom. The number of aromatic amines is 1. The van der Waals surface area contributed by atoms with Crippen LogP contribution >= 0.6 is 0 Å². The molecule has 6 unspecified atom stereocenters. The molecule has 32 rings (SSSR count). The molecule has 710 valence electrons. The summed E-state index contributed by atoms with van der Waals surface area (Å²) < 4.78 is 32.3. The van der Waals surface area contributed by atoms with E-state index in [4.69, 9.17) is 29.4 Å². The molecule has 25 aliphatic rings. The molecule has 6 aromatic carbocycles. The summed E-state index contributed by atoms with van der Waals surface area (Å²) in [5.74, 6) is 7.66. The Balaban J connectivity index is 0.0000000853. The first-order valence-electron chi connectivity index (χ1n) is 51.4. The molecule has 1 aromatic heterocycles. The molecule has 10 aliphatic heterocycles. The van der Waals surface area contributed by atoms with Gasteiger partial charge in [0.05, 0.1) is 81.4 Å². The number of ether oxygens (including phenoxy) is 5. The number of nitrogens with zero attached hydrogens (tertiary/aromatic N) is 5. The molecule has 134 heavy (non-hydrogen) atoms. The molecular weight excluding hydrogens is 1760 g/mol. The third-order valence-electron chi connectivity index (χ3n) is 41.1. The van der Waals surface area contributed by atoms with Gasteiger partial charge < -0.3 is 112 Å². The number of phenols is 5. The van der Waals surface area contributed by atoms with Crippen molar-refractivity contribution < 1.29 is 106 Å². The molecule has 9 saturated carbocycles. The number of aromatic hydroxyl groups is 5. The first kappa shape index (κ1) is 85.5. The number of aliphatic hydroxyl groups excluding tert-OH is 1. The standard InChI is InChI=1S/C26H26N2O3.C21H25NO4.C21H27NO4.C21H25NO3.C20H26N2O3.BrH/c29-19-8-7-15-11-20-26(30)12-17-16-3-1-2-4-18(16)27-22(17)24-25(26,21(15)23(19)31-24)9-10-28(20)13-14-5-6-14;1-22(11-12-2-3-12)9-8-20-17-13-4-5-14(23)18(17)26-19(20)15(24)6-7-21(20,25)16(22)10-13;23-14-5-4-13-10-16-21(25)7-6-15(24)19-20(21,17(13)18(14)26-19)8-9-22(16)11-12-2-1-3-12;1-12-6-7-21(24)16-10-14-4-5-15(23)18-17(14)20(21,19(12)25-18)8-9-22(16)11-13-2-3-13;21-13-5-6-20(24)15-9-12-3-4-14(23)17-16(12)19(20,18(13)25-17)7-8-22(15)10-11-1-2-11;/h1-4,7-8,14,20,24,27,29-30H,5-6,9-13H2;4-5,12,16,19,25H,2-3,6-11H2,1H3;4-5,12,15-16,19,23-25H,1-3,6-11H2;4-5,13,16,19,23-24H,1-3,6-11H2;3-4,11,13,15,18,23-24H,1-2,5-10,21H2;1H/t20-,24?,25+,26-;16-,19?,20+,21-,22?;15-,16+,19?,20-,21+;16-,19?,20+,21-;13-,15-,18?,19+,20-;/m11011./s1. The number of para-hydroxylation sites is 1. The molecule has 24 nitrogen and oxygen atoms in total. The molecular formula is C109H130BrN7O17. The number of quaternary nitrogens is 1. The average Bonchev–Trinajstić information content (AvgIpc) is 1.49. The van der Waals surface area contributed by atoms with Crippen LogP contribution in [0.2, 0.25) is 0 Å². The topological polar surface area (TPSA) is 341 Å². The molecule has 7 aromatic rings. The second-order valence-corrected chi connectivity index (χ2v) is 47.2. The summed E-state index contributed by atoms with van der Waals surface area (Å²) in [6.45, 7) is 14.7. The number of aromatic nitrogens is 1. The van der Waals surface area contributed by atoms with Gasteiger partial charge in [-0.3, -0.25) is 24.4 Å². The van der Waals surface area contributed by atoms with Gasteiger partial charge in [-0.25, -0.2) is 0 Å². The highest BCUT2D eigenvalue weighted by atomic mass is 79.9. The highest BCUT2D eigenvalue weighted by Gasteiger charge is 2.80. The maximum absolute atomic E-state index is 12.8. The number of piperidine rings is 5. The number of hydrogen-bond acceptors (Lipinski definition) is 22. The summed E-state index contributed by atoms with van der Waals surface area (Å²) in [5, 5.41) is 125. The highest BCUT2D eigenvalue weighted by molar-refractivity contribution is 5.90. The second-order valence-electron chi connectivity index (χ2n) is 47.2. The molecule has 0 radical (unpaired) electrons. The van der Waals surface area contributed by atoms with E-state index in [0.717, 1.165) is 240 Å². The van der Waals surface area contributed by atoms with Crippen LogP contribution in [0.4, 0.5) is 0 Å². The Bertz CT molecular complexity index is 6150. The zero-order chi connectivity index (χ0) is 90.1. The highest BCUT2D eigenvalue weighted by Crippen LogP contribution is 2.74. The van der Waals surface area contributed by atoms with Gasteiger partial charge in [0, 0.05) is 127 Å². The second kappa shape index (κ2) is 28.8. The number of aliphatic hydroxyl groups is 6. The number of carbonyl (C=O) groups is 1. The lowest BCUT2D eigenvalue weighted by molar-refractivity contribution is -0.950. The number of likely N-dealkylation sites (tertiary alicyclic amines) is 5. The largest absolute Gasteiger partial charge is 1.00 e. The Hall–Kier alpha value is -7.73. The van der Waals surface area contributed by atoms with E-state index >= 15 is 0 Å². The fourth-order valence-electron chi connectivity index (χ4n) is 34.3. The van der Waals surface area contributed by atoms with Crippen molar-refractivity contribution in [2.75, 3.05) is 72.5 Å². The van der Waals surface area contributed by atoms with Crippen LogP contribution in [0.15, 0.2) is 97.1 Å². The predicted octanol–water partition coefficient (Wildman–Crippen LogP) is 7.75. The number of likely N-dealkylation sites (N-methyl/N-ethyl adjacent to an activating group) is 1. The van der Waals surface area contributed by atoms with Crippen LogP contribution < -0.4 is 46.4 Å². The van der Waals surface area contributed by atoms with E-state index < -0.39 is 73.4 Å². The molecule has 14 N–H and O–H groups in total. The van der Waals surface area contributed by atoms with Crippen molar-refractivity contribution in [1.29, 1.82) is 0 Å². The number of phenolic OH excluding ortho intramolecular Hbond substituents is 5. The minimum absolute atomic E-state index is 0. The normalized spacial score (nSPS) is 41.3. The zero-order valence-electron chi connectivity index (χ0n) is 76.9. The van der Waals surface area contributed by atoms with E-state index in [1.54, 1.807) is 30.3 Å². The van der Waals surface area contributed by atoms with Crippen molar-refractivity contribution in [2.24, 2.45) is 35.3 Å². The van der Waals surface area contributed by atoms with E-state index in [-0.39, 0.29) is 106 Å². The number of fused-ring (bicyclic) bond motifs is 4. The maximum atomic E-state index is 12.8. The Labute approximate surface area is 792 Å². The number of carbonyl (C=O) groups excluding carboxylic acids is 1. The molecule has 15 aliphatic carbocycles. The van der Waals surface area contributed by atoms with E-state index in [0.29, 0.717) is 60.9 Å². The van der Waals surface area contributed by atoms with Crippen molar-refractivity contribution in [3.63, 3.8) is 0 Å². The molecule has 10 bridgehead atoms. The molecule has 5 saturated heterocycles. The quantitative estimate of drug-likeness (QED) is 0.0459. The van der Waals surface area contributed by atoms with Crippen LogP contribution in [0.25, 0.3) is 10.9 Å². The minimum atomic E-state index is -0.931. The number of Topliss-reactive ketones (excluding diaryl/α,β-unsaturated/α-hetero) is 1. The van der Waals surface area contributed by atoms with Crippen LogP contribution in [0.5, 0.6) is 57.5 Å². The number of benzene rings is 6. The van der Waals surface area contributed by atoms with Crippen molar-refractivity contribution in [3.05, 3.63) is 164 Å².